The molecule has 3 heteroatoms. The van der Waals surface area contributed by atoms with E-state index in [1.165, 1.54) is 12.1 Å². The van der Waals surface area contributed by atoms with Crippen LogP contribution in [0.4, 0.5) is 4.39 Å². The van der Waals surface area contributed by atoms with Crippen LogP contribution in [0, 0.1) is 17.1 Å². The summed E-state index contributed by atoms with van der Waals surface area (Å²) >= 11 is 0. The molecule has 0 amide bonds. The van der Waals surface area contributed by atoms with Crippen molar-refractivity contribution in [2.75, 3.05) is 0 Å². The fourth-order valence-corrected chi connectivity index (χ4v) is 1.11. The Hall–Kier alpha value is -1.69. The molecule has 1 aromatic rings. The number of hydrogen-bond donors (Lipinski definition) is 0. The molecule has 0 N–H and O–H groups in total. The molecule has 0 saturated heterocycles. The van der Waals surface area contributed by atoms with E-state index in [9.17, 15) is 9.18 Å². The lowest BCUT2D eigenvalue weighted by molar-refractivity contribution is 0.112. The summed E-state index contributed by atoms with van der Waals surface area (Å²) in [4.78, 5) is 10.5. The normalized spacial score (nSPS) is 10.7. The third kappa shape index (κ3) is 1.97. The molecule has 0 aliphatic carbocycles. The van der Waals surface area contributed by atoms with Crippen LogP contribution in [0.15, 0.2) is 18.2 Å². The zero-order valence-electron chi connectivity index (χ0n) is 8.04. The van der Waals surface area contributed by atoms with Gasteiger partial charge in [-0.15, -0.1) is 0 Å². The van der Waals surface area contributed by atoms with Crippen molar-refractivity contribution >= 4 is 6.29 Å². The van der Waals surface area contributed by atoms with Gasteiger partial charge in [-0.05, 0) is 37.6 Å². The van der Waals surface area contributed by atoms with Crippen LogP contribution < -0.4 is 0 Å². The Balaban J connectivity index is 3.30. The number of halogens is 1. The van der Waals surface area contributed by atoms with Crippen molar-refractivity contribution in [3.05, 3.63) is 35.1 Å². The minimum absolute atomic E-state index is 0.253. The monoisotopic (exact) mass is 191 g/mol. The summed E-state index contributed by atoms with van der Waals surface area (Å²) in [5.74, 6) is -0.493. The highest BCUT2D eigenvalue weighted by Gasteiger charge is 2.20. The molecule has 72 valence electrons. The summed E-state index contributed by atoms with van der Waals surface area (Å²) < 4.78 is 13.0. The first-order valence-corrected chi connectivity index (χ1v) is 4.17. The van der Waals surface area contributed by atoms with Crippen LogP contribution in [0.3, 0.4) is 0 Å². The maximum Gasteiger partial charge on any atom is 0.150 e. The van der Waals surface area contributed by atoms with Gasteiger partial charge in [0, 0.05) is 5.56 Å². The van der Waals surface area contributed by atoms with Crippen molar-refractivity contribution in [3.8, 4) is 6.07 Å². The summed E-state index contributed by atoms with van der Waals surface area (Å²) in [6.07, 6.45) is 0.569. The van der Waals surface area contributed by atoms with Gasteiger partial charge in [0.25, 0.3) is 0 Å². The van der Waals surface area contributed by atoms with Gasteiger partial charge in [0.2, 0.25) is 0 Å². The predicted octanol–water partition coefficient (Wildman–Crippen LogP) is 2.44. The SMILES string of the molecule is CC(C)(C#N)c1cc(F)cc(C=O)c1. The van der Waals surface area contributed by atoms with E-state index in [-0.39, 0.29) is 5.56 Å². The Morgan fingerprint density at radius 2 is 2.07 bits per heavy atom. The molecule has 0 unspecified atom stereocenters. The largest absolute Gasteiger partial charge is 0.298 e. The molecule has 0 spiro atoms. The Morgan fingerprint density at radius 1 is 1.43 bits per heavy atom. The van der Waals surface area contributed by atoms with E-state index in [0.717, 1.165) is 6.07 Å². The van der Waals surface area contributed by atoms with Crippen molar-refractivity contribution in [2.45, 2.75) is 19.3 Å². The zero-order chi connectivity index (χ0) is 10.8. The molecule has 1 rings (SSSR count). The number of carbonyl (C=O) groups is 1. The van der Waals surface area contributed by atoms with Crippen LogP contribution in [0.5, 0.6) is 0 Å². The van der Waals surface area contributed by atoms with Crippen LogP contribution in [-0.2, 0) is 5.41 Å². The first kappa shape index (κ1) is 10.4. The molecular weight excluding hydrogens is 181 g/mol. The van der Waals surface area contributed by atoms with Crippen LogP contribution >= 0.6 is 0 Å². The van der Waals surface area contributed by atoms with Crippen molar-refractivity contribution in [3.63, 3.8) is 0 Å². The third-order valence-electron chi connectivity index (χ3n) is 2.06. The average Bonchev–Trinajstić information content (AvgIpc) is 2.16. The third-order valence-corrected chi connectivity index (χ3v) is 2.06. The molecule has 0 aromatic heterocycles. The van der Waals surface area contributed by atoms with Crippen LogP contribution in [0.2, 0.25) is 0 Å². The molecule has 0 atom stereocenters. The molecule has 0 fully saturated rings. The van der Waals surface area contributed by atoms with Crippen LogP contribution in [0.25, 0.3) is 0 Å². The van der Waals surface area contributed by atoms with Gasteiger partial charge in [0.15, 0.2) is 0 Å². The Morgan fingerprint density at radius 3 is 2.57 bits per heavy atom. The first-order chi connectivity index (χ1) is 6.49. The summed E-state index contributed by atoms with van der Waals surface area (Å²) in [5, 5.41) is 8.84. The number of nitrogens with zero attached hydrogens (tertiary/aromatic N) is 1. The molecule has 1 aromatic carbocycles. The summed E-state index contributed by atoms with van der Waals surface area (Å²) in [6.45, 7) is 3.35. The number of rotatable bonds is 2. The molecule has 0 bridgehead atoms. The topological polar surface area (TPSA) is 40.9 Å². The van der Waals surface area contributed by atoms with Crippen molar-refractivity contribution in [2.24, 2.45) is 0 Å². The highest BCUT2D eigenvalue weighted by molar-refractivity contribution is 5.75. The number of benzene rings is 1. The van der Waals surface area contributed by atoms with Crippen molar-refractivity contribution < 1.29 is 9.18 Å². The number of carbonyl (C=O) groups excluding carboxylic acids is 1. The molecule has 0 heterocycles. The molecule has 0 radical (unpaired) electrons. The standard InChI is InChI=1S/C11H10FNO/c1-11(2,7-13)9-3-8(6-14)4-10(12)5-9/h3-6H,1-2H3. The highest BCUT2D eigenvalue weighted by atomic mass is 19.1. The maximum absolute atomic E-state index is 13.0. The minimum Gasteiger partial charge on any atom is -0.298 e. The van der Waals surface area contributed by atoms with E-state index in [4.69, 9.17) is 5.26 Å². The van der Waals surface area contributed by atoms with Crippen LogP contribution in [-0.4, -0.2) is 6.29 Å². The van der Waals surface area contributed by atoms with E-state index in [2.05, 4.69) is 6.07 Å². The predicted molar refractivity (Wildman–Crippen MR) is 50.4 cm³/mol. The molecule has 0 aliphatic heterocycles. The number of hydrogen-bond acceptors (Lipinski definition) is 2. The van der Waals surface area contributed by atoms with Crippen molar-refractivity contribution in [1.82, 2.24) is 0 Å². The van der Waals surface area contributed by atoms with E-state index >= 15 is 0 Å². The lowest BCUT2D eigenvalue weighted by Crippen LogP contribution is -2.14. The lowest BCUT2D eigenvalue weighted by Gasteiger charge is -2.15. The Bertz CT molecular complexity index is 404. The van der Waals surface area contributed by atoms with E-state index in [0.29, 0.717) is 11.8 Å². The fraction of sp³-hybridized carbons (Fsp3) is 0.273. The maximum atomic E-state index is 13.0. The molecule has 0 aliphatic rings. The second-order valence-corrected chi connectivity index (χ2v) is 3.63. The highest BCUT2D eigenvalue weighted by Crippen LogP contribution is 2.23. The molecular formula is C11H10FNO. The lowest BCUT2D eigenvalue weighted by atomic mass is 9.85. The summed E-state index contributed by atoms with van der Waals surface area (Å²) in [6, 6.07) is 6.00. The second-order valence-electron chi connectivity index (χ2n) is 3.63. The van der Waals surface area contributed by atoms with E-state index < -0.39 is 11.2 Å². The van der Waals surface area contributed by atoms with Gasteiger partial charge in [0.1, 0.15) is 12.1 Å². The van der Waals surface area contributed by atoms with Gasteiger partial charge in [-0.3, -0.25) is 4.79 Å². The smallest absolute Gasteiger partial charge is 0.150 e. The van der Waals surface area contributed by atoms with E-state index in [1.54, 1.807) is 13.8 Å². The first-order valence-electron chi connectivity index (χ1n) is 4.17. The molecule has 14 heavy (non-hydrogen) atoms. The van der Waals surface area contributed by atoms with Gasteiger partial charge in [-0.25, -0.2) is 4.39 Å². The van der Waals surface area contributed by atoms with Crippen molar-refractivity contribution in [1.29, 1.82) is 5.26 Å². The number of aldehydes is 1. The van der Waals surface area contributed by atoms with Gasteiger partial charge in [-0.1, -0.05) is 0 Å². The van der Waals surface area contributed by atoms with Gasteiger partial charge >= 0.3 is 0 Å². The van der Waals surface area contributed by atoms with E-state index in [1.807, 2.05) is 0 Å². The second kappa shape index (κ2) is 3.59. The fourth-order valence-electron chi connectivity index (χ4n) is 1.11. The average molecular weight is 191 g/mol. The van der Waals surface area contributed by atoms with Gasteiger partial charge in [0.05, 0.1) is 11.5 Å². The Labute approximate surface area is 82.0 Å². The van der Waals surface area contributed by atoms with Gasteiger partial charge in [-0.2, -0.15) is 5.26 Å². The minimum atomic E-state index is -0.778. The van der Waals surface area contributed by atoms with Gasteiger partial charge < -0.3 is 0 Å². The molecule has 2 nitrogen and oxygen atoms in total. The quantitative estimate of drug-likeness (QED) is 0.673. The van der Waals surface area contributed by atoms with Crippen LogP contribution in [0.1, 0.15) is 29.8 Å². The zero-order valence-corrected chi connectivity index (χ0v) is 8.04. The number of nitriles is 1. The Kier molecular flexibility index (Phi) is 2.66. The molecule has 0 saturated carbocycles. The summed E-state index contributed by atoms with van der Waals surface area (Å²) in [5.41, 5.74) is -0.00900. The summed E-state index contributed by atoms with van der Waals surface area (Å²) in [7, 11) is 0.